The van der Waals surface area contributed by atoms with Crippen LogP contribution in [0.1, 0.15) is 23.2 Å². The van der Waals surface area contributed by atoms with E-state index in [0.717, 1.165) is 0 Å². The fraction of sp³-hybridized carbons (Fsp3) is 0.231. The summed E-state index contributed by atoms with van der Waals surface area (Å²) < 4.78 is 23.8. The summed E-state index contributed by atoms with van der Waals surface area (Å²) in [5, 5.41) is 8.96. The van der Waals surface area contributed by atoms with Gasteiger partial charge in [0.05, 0.1) is 18.4 Å². The van der Waals surface area contributed by atoms with Crippen molar-refractivity contribution in [3.8, 4) is 17.2 Å². The molecule has 0 fully saturated rings. The van der Waals surface area contributed by atoms with E-state index in [-0.39, 0.29) is 22.9 Å². The number of carbonyl (C=O) groups is 1. The van der Waals surface area contributed by atoms with Gasteiger partial charge in [-0.3, -0.25) is 0 Å². The lowest BCUT2D eigenvalue weighted by atomic mass is 10.2. The Morgan fingerprint density at radius 2 is 2.26 bits per heavy atom. The van der Waals surface area contributed by atoms with Crippen molar-refractivity contribution in [1.82, 2.24) is 4.98 Å². The van der Waals surface area contributed by atoms with Crippen molar-refractivity contribution in [2.75, 3.05) is 7.11 Å². The number of hydrogen-bond donors (Lipinski definition) is 1. The van der Waals surface area contributed by atoms with Crippen molar-refractivity contribution in [2.24, 2.45) is 0 Å². The first-order chi connectivity index (χ1) is 9.06. The topological polar surface area (TPSA) is 72.6 Å². The molecule has 0 unspecified atom stereocenters. The maximum atomic E-state index is 13.8. The monoisotopic (exact) mass is 265 g/mol. The summed E-state index contributed by atoms with van der Waals surface area (Å²) in [6.07, 6.45) is 0.392. The third kappa shape index (κ3) is 2.42. The Labute approximate surface area is 108 Å². The number of carboxylic acid groups (broad SMARTS) is 1. The molecule has 1 aromatic heterocycles. The number of benzene rings is 1. The second-order valence-corrected chi connectivity index (χ2v) is 3.80. The van der Waals surface area contributed by atoms with Gasteiger partial charge in [-0.2, -0.15) is 0 Å². The Morgan fingerprint density at radius 1 is 1.53 bits per heavy atom. The van der Waals surface area contributed by atoms with Crippen LogP contribution in [0.4, 0.5) is 4.39 Å². The quantitative estimate of drug-likeness (QED) is 0.920. The lowest BCUT2D eigenvalue weighted by Crippen LogP contribution is -1.98. The summed E-state index contributed by atoms with van der Waals surface area (Å²) in [6.45, 7) is 1.75. The highest BCUT2D eigenvalue weighted by Crippen LogP contribution is 2.27. The Bertz CT molecular complexity index is 621. The Morgan fingerprint density at radius 3 is 2.74 bits per heavy atom. The number of rotatable bonds is 4. The molecule has 0 aliphatic rings. The minimum atomic E-state index is -1.22. The molecule has 0 amide bonds. The van der Waals surface area contributed by atoms with Gasteiger partial charge in [0.2, 0.25) is 11.7 Å². The molecule has 0 saturated heterocycles. The molecule has 2 aromatic rings. The van der Waals surface area contributed by atoms with Crippen molar-refractivity contribution < 1.29 is 23.4 Å². The first-order valence-electron chi connectivity index (χ1n) is 5.63. The van der Waals surface area contributed by atoms with E-state index in [1.54, 1.807) is 13.0 Å². The van der Waals surface area contributed by atoms with Crippen molar-refractivity contribution in [3.63, 3.8) is 0 Å². The van der Waals surface area contributed by atoms with Crippen LogP contribution in [-0.4, -0.2) is 23.2 Å². The average Bonchev–Trinajstić information content (AvgIpc) is 2.82. The number of aryl methyl sites for hydroxylation is 1. The fourth-order valence-electron chi connectivity index (χ4n) is 1.67. The average molecular weight is 265 g/mol. The third-order valence-corrected chi connectivity index (χ3v) is 2.63. The number of carboxylic acids is 1. The molecule has 5 nitrogen and oxygen atoms in total. The van der Waals surface area contributed by atoms with E-state index in [4.69, 9.17) is 14.3 Å². The Balaban J connectivity index is 2.50. The van der Waals surface area contributed by atoms with Crippen molar-refractivity contribution in [2.45, 2.75) is 13.3 Å². The predicted molar refractivity (Wildman–Crippen MR) is 64.8 cm³/mol. The summed E-state index contributed by atoms with van der Waals surface area (Å²) in [5.41, 5.74) is 0.390. The van der Waals surface area contributed by atoms with E-state index in [9.17, 15) is 9.18 Å². The van der Waals surface area contributed by atoms with E-state index in [1.165, 1.54) is 19.2 Å². The van der Waals surface area contributed by atoms with E-state index >= 15 is 0 Å². The van der Waals surface area contributed by atoms with Gasteiger partial charge in [0.1, 0.15) is 11.6 Å². The minimum absolute atomic E-state index is 0.0468. The number of aromatic nitrogens is 1. The van der Waals surface area contributed by atoms with Crippen LogP contribution in [0, 0.1) is 5.82 Å². The molecule has 19 heavy (non-hydrogen) atoms. The Hall–Kier alpha value is -2.37. The summed E-state index contributed by atoms with van der Waals surface area (Å²) in [4.78, 5) is 15.0. The zero-order chi connectivity index (χ0) is 14.0. The molecule has 0 aliphatic heterocycles. The van der Waals surface area contributed by atoms with Gasteiger partial charge in [-0.15, -0.1) is 0 Å². The summed E-state index contributed by atoms with van der Waals surface area (Å²) in [7, 11) is 1.43. The normalized spacial score (nSPS) is 10.5. The van der Waals surface area contributed by atoms with Gasteiger partial charge in [-0.1, -0.05) is 6.92 Å². The molecule has 1 heterocycles. The molecule has 0 spiro atoms. The molecule has 0 radical (unpaired) electrons. The number of halogens is 1. The van der Waals surface area contributed by atoms with Crippen LogP contribution >= 0.6 is 0 Å². The molecule has 1 aromatic carbocycles. The number of ether oxygens (including phenoxy) is 1. The molecular weight excluding hydrogens is 253 g/mol. The fourth-order valence-corrected chi connectivity index (χ4v) is 1.67. The van der Waals surface area contributed by atoms with Crippen LogP contribution in [0.2, 0.25) is 0 Å². The third-order valence-electron chi connectivity index (χ3n) is 2.63. The summed E-state index contributed by atoms with van der Waals surface area (Å²) in [5.74, 6) is -1.74. The molecule has 0 aliphatic carbocycles. The summed E-state index contributed by atoms with van der Waals surface area (Å²) in [6, 6.07) is 4.17. The van der Waals surface area contributed by atoms with E-state index in [1.807, 2.05) is 0 Å². The molecule has 2 rings (SSSR count). The van der Waals surface area contributed by atoms with Gasteiger partial charge < -0.3 is 14.3 Å². The van der Waals surface area contributed by atoms with Gasteiger partial charge in [-0.05, 0) is 18.6 Å². The second-order valence-electron chi connectivity index (χ2n) is 3.80. The standard InChI is InChI=1S/C13H12FNO4/c1-3-10-11(13(16)17)19-12(15-10)8-5-4-7(18-2)6-9(8)14/h4-6H,3H2,1-2H3,(H,16,17). The largest absolute Gasteiger partial charge is 0.497 e. The maximum absolute atomic E-state index is 13.8. The maximum Gasteiger partial charge on any atom is 0.373 e. The second kappa shape index (κ2) is 5.09. The predicted octanol–water partition coefficient (Wildman–Crippen LogP) is 2.75. The van der Waals surface area contributed by atoms with Crippen molar-refractivity contribution >= 4 is 5.97 Å². The molecular formula is C13H12FNO4. The molecule has 100 valence electrons. The minimum Gasteiger partial charge on any atom is -0.497 e. The van der Waals surface area contributed by atoms with Gasteiger partial charge in [-0.25, -0.2) is 14.2 Å². The number of nitrogens with zero attached hydrogens (tertiary/aromatic N) is 1. The lowest BCUT2D eigenvalue weighted by molar-refractivity contribution is 0.0661. The smallest absolute Gasteiger partial charge is 0.373 e. The molecule has 0 saturated carbocycles. The van der Waals surface area contributed by atoms with Gasteiger partial charge in [0.15, 0.2) is 0 Å². The summed E-state index contributed by atoms with van der Waals surface area (Å²) >= 11 is 0. The van der Waals surface area contributed by atoms with Crippen molar-refractivity contribution in [3.05, 3.63) is 35.5 Å². The first kappa shape index (κ1) is 13.1. The van der Waals surface area contributed by atoms with Crippen LogP contribution in [0.15, 0.2) is 22.6 Å². The van der Waals surface area contributed by atoms with E-state index in [0.29, 0.717) is 12.2 Å². The SMILES string of the molecule is CCc1nc(-c2ccc(OC)cc2F)oc1C(=O)O. The van der Waals surface area contributed by atoms with Crippen LogP contribution in [0.5, 0.6) is 5.75 Å². The number of aromatic carboxylic acids is 1. The highest BCUT2D eigenvalue weighted by atomic mass is 19.1. The molecule has 1 N–H and O–H groups in total. The first-order valence-corrected chi connectivity index (χ1v) is 5.63. The number of hydrogen-bond acceptors (Lipinski definition) is 4. The van der Waals surface area contributed by atoms with Crippen molar-refractivity contribution in [1.29, 1.82) is 0 Å². The van der Waals surface area contributed by atoms with Crippen LogP contribution in [-0.2, 0) is 6.42 Å². The molecule has 0 atom stereocenters. The number of methoxy groups -OCH3 is 1. The molecule has 0 bridgehead atoms. The van der Waals surface area contributed by atoms with Crippen LogP contribution in [0.25, 0.3) is 11.5 Å². The zero-order valence-corrected chi connectivity index (χ0v) is 10.4. The van der Waals surface area contributed by atoms with Gasteiger partial charge in [0, 0.05) is 6.07 Å². The highest BCUT2D eigenvalue weighted by molar-refractivity contribution is 5.86. The number of oxazole rings is 1. The molecule has 6 heteroatoms. The van der Waals surface area contributed by atoms with Crippen LogP contribution in [0.3, 0.4) is 0 Å². The van der Waals surface area contributed by atoms with E-state index in [2.05, 4.69) is 4.98 Å². The zero-order valence-electron chi connectivity index (χ0n) is 10.4. The lowest BCUT2D eigenvalue weighted by Gasteiger charge is -2.02. The Kier molecular flexibility index (Phi) is 3.50. The van der Waals surface area contributed by atoms with Gasteiger partial charge in [0.25, 0.3) is 0 Å². The van der Waals surface area contributed by atoms with E-state index < -0.39 is 11.8 Å². The highest BCUT2D eigenvalue weighted by Gasteiger charge is 2.20. The van der Waals surface area contributed by atoms with Crippen LogP contribution < -0.4 is 4.74 Å². The van der Waals surface area contributed by atoms with Gasteiger partial charge >= 0.3 is 5.97 Å².